The van der Waals surface area contributed by atoms with E-state index in [9.17, 15) is 5.11 Å². The largest absolute Gasteiger partial charge is 0.388 e. The van der Waals surface area contributed by atoms with Crippen molar-refractivity contribution in [2.24, 2.45) is 0 Å². The highest BCUT2D eigenvalue weighted by Gasteiger charge is 2.23. The van der Waals surface area contributed by atoms with Crippen LogP contribution >= 0.6 is 0 Å². The maximum atomic E-state index is 9.83. The minimum atomic E-state index is -0.277. The molecule has 0 saturated carbocycles. The summed E-state index contributed by atoms with van der Waals surface area (Å²) in [5.74, 6) is 0. The highest BCUT2D eigenvalue weighted by atomic mass is 16.3. The molecule has 2 rings (SSSR count). The second-order valence-electron chi connectivity index (χ2n) is 4.15. The van der Waals surface area contributed by atoms with E-state index in [0.717, 1.165) is 18.5 Å². The standard InChI is InChI=1S/C12H17NO/c1-9(2)13-8-7-12(14)10-5-3-4-6-11(10)13/h3-6,9,12,14H,7-8H2,1-2H3. The molecular formula is C12H17NO. The molecule has 0 amide bonds. The molecule has 0 aliphatic carbocycles. The Balaban J connectivity index is 2.41. The smallest absolute Gasteiger partial charge is 0.0826 e. The zero-order valence-electron chi connectivity index (χ0n) is 8.77. The number of hydrogen-bond acceptors (Lipinski definition) is 2. The normalized spacial score (nSPS) is 21.1. The van der Waals surface area contributed by atoms with Crippen molar-refractivity contribution in [1.82, 2.24) is 0 Å². The van der Waals surface area contributed by atoms with Crippen molar-refractivity contribution >= 4 is 5.69 Å². The minimum Gasteiger partial charge on any atom is -0.388 e. The Morgan fingerprint density at radius 2 is 2.07 bits per heavy atom. The van der Waals surface area contributed by atoms with Crippen LogP contribution in [-0.2, 0) is 0 Å². The third-order valence-corrected chi connectivity index (χ3v) is 2.87. The number of hydrogen-bond donors (Lipinski definition) is 1. The molecule has 0 aromatic heterocycles. The molecule has 1 aromatic carbocycles. The SMILES string of the molecule is CC(C)N1CCC(O)c2ccccc21. The van der Waals surface area contributed by atoms with Gasteiger partial charge in [-0.05, 0) is 26.3 Å². The van der Waals surface area contributed by atoms with Gasteiger partial charge in [-0.1, -0.05) is 18.2 Å². The molecule has 1 N–H and O–H groups in total. The van der Waals surface area contributed by atoms with Crippen LogP contribution in [0.25, 0.3) is 0 Å². The number of rotatable bonds is 1. The van der Waals surface area contributed by atoms with E-state index in [0.29, 0.717) is 6.04 Å². The maximum absolute atomic E-state index is 9.83. The van der Waals surface area contributed by atoms with Crippen molar-refractivity contribution in [3.05, 3.63) is 29.8 Å². The van der Waals surface area contributed by atoms with E-state index in [4.69, 9.17) is 0 Å². The van der Waals surface area contributed by atoms with Crippen LogP contribution in [0.2, 0.25) is 0 Å². The number of para-hydroxylation sites is 1. The van der Waals surface area contributed by atoms with E-state index < -0.39 is 0 Å². The fraction of sp³-hybridized carbons (Fsp3) is 0.500. The van der Waals surface area contributed by atoms with Gasteiger partial charge in [0, 0.05) is 23.8 Å². The van der Waals surface area contributed by atoms with Crippen LogP contribution in [0.4, 0.5) is 5.69 Å². The second-order valence-corrected chi connectivity index (χ2v) is 4.15. The van der Waals surface area contributed by atoms with E-state index in [1.807, 2.05) is 18.2 Å². The summed E-state index contributed by atoms with van der Waals surface area (Å²) >= 11 is 0. The average Bonchev–Trinajstić information content (AvgIpc) is 2.18. The fourth-order valence-electron chi connectivity index (χ4n) is 2.10. The zero-order valence-corrected chi connectivity index (χ0v) is 8.77. The summed E-state index contributed by atoms with van der Waals surface area (Å²) in [4.78, 5) is 2.35. The first kappa shape index (κ1) is 9.53. The molecule has 0 saturated heterocycles. The summed E-state index contributed by atoms with van der Waals surface area (Å²) in [6.45, 7) is 5.33. The molecule has 0 fully saturated rings. The van der Waals surface area contributed by atoms with Crippen LogP contribution in [0.3, 0.4) is 0 Å². The van der Waals surface area contributed by atoms with Gasteiger partial charge >= 0.3 is 0 Å². The van der Waals surface area contributed by atoms with E-state index >= 15 is 0 Å². The second kappa shape index (κ2) is 3.62. The molecule has 1 aromatic rings. The van der Waals surface area contributed by atoms with Gasteiger partial charge < -0.3 is 10.0 Å². The monoisotopic (exact) mass is 191 g/mol. The molecule has 1 unspecified atom stereocenters. The van der Waals surface area contributed by atoms with Crippen LogP contribution in [0.5, 0.6) is 0 Å². The molecule has 0 bridgehead atoms. The van der Waals surface area contributed by atoms with Crippen molar-refractivity contribution in [3.63, 3.8) is 0 Å². The first-order valence-corrected chi connectivity index (χ1v) is 5.24. The fourth-order valence-corrected chi connectivity index (χ4v) is 2.10. The third-order valence-electron chi connectivity index (χ3n) is 2.87. The van der Waals surface area contributed by atoms with Gasteiger partial charge in [-0.25, -0.2) is 0 Å². The molecule has 1 aliphatic heterocycles. The summed E-state index contributed by atoms with van der Waals surface area (Å²) in [6, 6.07) is 8.65. The zero-order chi connectivity index (χ0) is 10.1. The van der Waals surface area contributed by atoms with E-state index in [1.165, 1.54) is 5.69 Å². The van der Waals surface area contributed by atoms with E-state index in [-0.39, 0.29) is 6.10 Å². The van der Waals surface area contributed by atoms with Crippen molar-refractivity contribution in [2.75, 3.05) is 11.4 Å². The third kappa shape index (κ3) is 1.50. The van der Waals surface area contributed by atoms with Crippen molar-refractivity contribution in [2.45, 2.75) is 32.4 Å². The van der Waals surface area contributed by atoms with Gasteiger partial charge in [-0.3, -0.25) is 0 Å². The highest BCUT2D eigenvalue weighted by Crippen LogP contribution is 2.34. The van der Waals surface area contributed by atoms with Gasteiger partial charge in [-0.2, -0.15) is 0 Å². The van der Waals surface area contributed by atoms with Crippen LogP contribution in [-0.4, -0.2) is 17.7 Å². The number of aliphatic hydroxyl groups excluding tert-OH is 1. The molecule has 1 aliphatic rings. The summed E-state index contributed by atoms with van der Waals surface area (Å²) in [7, 11) is 0. The van der Waals surface area contributed by atoms with Crippen LogP contribution < -0.4 is 4.90 Å². The topological polar surface area (TPSA) is 23.5 Å². The van der Waals surface area contributed by atoms with E-state index in [2.05, 4.69) is 24.8 Å². The van der Waals surface area contributed by atoms with Gasteiger partial charge in [0.2, 0.25) is 0 Å². The Hall–Kier alpha value is -1.02. The lowest BCUT2D eigenvalue weighted by molar-refractivity contribution is 0.163. The quantitative estimate of drug-likeness (QED) is 0.736. The number of aliphatic hydroxyl groups is 1. The molecule has 2 nitrogen and oxygen atoms in total. The molecule has 0 radical (unpaired) electrons. The molecule has 0 spiro atoms. The molecule has 1 atom stereocenters. The summed E-state index contributed by atoms with van der Waals surface area (Å²) in [5.41, 5.74) is 2.27. The Morgan fingerprint density at radius 1 is 1.36 bits per heavy atom. The Bertz CT molecular complexity index is 322. The lowest BCUT2D eigenvalue weighted by atomic mass is 9.98. The number of nitrogens with zero attached hydrogens (tertiary/aromatic N) is 1. The van der Waals surface area contributed by atoms with Gasteiger partial charge in [0.1, 0.15) is 0 Å². The summed E-state index contributed by atoms with van der Waals surface area (Å²) in [5, 5.41) is 9.83. The van der Waals surface area contributed by atoms with Crippen molar-refractivity contribution in [1.29, 1.82) is 0 Å². The van der Waals surface area contributed by atoms with Crippen LogP contribution in [0.1, 0.15) is 31.9 Å². The summed E-state index contributed by atoms with van der Waals surface area (Å²) < 4.78 is 0. The van der Waals surface area contributed by atoms with Crippen molar-refractivity contribution < 1.29 is 5.11 Å². The van der Waals surface area contributed by atoms with Crippen LogP contribution in [0, 0.1) is 0 Å². The maximum Gasteiger partial charge on any atom is 0.0826 e. The van der Waals surface area contributed by atoms with Gasteiger partial charge in [-0.15, -0.1) is 0 Å². The lowest BCUT2D eigenvalue weighted by Crippen LogP contribution is -2.36. The molecule has 76 valence electrons. The van der Waals surface area contributed by atoms with E-state index in [1.54, 1.807) is 0 Å². The number of fused-ring (bicyclic) bond motifs is 1. The Labute approximate surface area is 85.2 Å². The molecular weight excluding hydrogens is 174 g/mol. The lowest BCUT2D eigenvalue weighted by Gasteiger charge is -2.36. The highest BCUT2D eigenvalue weighted by molar-refractivity contribution is 5.56. The van der Waals surface area contributed by atoms with Gasteiger partial charge in [0.25, 0.3) is 0 Å². The minimum absolute atomic E-state index is 0.277. The van der Waals surface area contributed by atoms with Gasteiger partial charge in [0.15, 0.2) is 0 Å². The Kier molecular flexibility index (Phi) is 2.46. The average molecular weight is 191 g/mol. The molecule has 2 heteroatoms. The first-order valence-electron chi connectivity index (χ1n) is 5.24. The van der Waals surface area contributed by atoms with Gasteiger partial charge in [0.05, 0.1) is 6.10 Å². The Morgan fingerprint density at radius 3 is 2.79 bits per heavy atom. The number of anilines is 1. The predicted octanol–water partition coefficient (Wildman–Crippen LogP) is 2.34. The first-order chi connectivity index (χ1) is 6.70. The summed E-state index contributed by atoms with van der Waals surface area (Å²) in [6.07, 6.45) is 0.566. The molecule has 14 heavy (non-hydrogen) atoms. The predicted molar refractivity (Wildman–Crippen MR) is 58.5 cm³/mol. The van der Waals surface area contributed by atoms with Crippen LogP contribution in [0.15, 0.2) is 24.3 Å². The number of benzene rings is 1. The van der Waals surface area contributed by atoms with Crippen molar-refractivity contribution in [3.8, 4) is 0 Å². The molecule has 1 heterocycles.